The molecule has 0 aliphatic rings. The number of rotatable bonds is 6. The molecule has 0 saturated heterocycles. The van der Waals surface area contributed by atoms with E-state index in [4.69, 9.17) is 0 Å². The van der Waals surface area contributed by atoms with E-state index in [0.717, 1.165) is 22.4 Å². The molecular weight excluding hydrogens is 348 g/mol. The van der Waals surface area contributed by atoms with Gasteiger partial charge in [0.25, 0.3) is 5.91 Å². The minimum atomic E-state index is -0.187. The van der Waals surface area contributed by atoms with Gasteiger partial charge in [0, 0.05) is 24.6 Å². The largest absolute Gasteiger partial charge is 0.348 e. The second-order valence-corrected chi connectivity index (χ2v) is 7.22. The van der Waals surface area contributed by atoms with Crippen LogP contribution in [0.1, 0.15) is 52.4 Å². The van der Waals surface area contributed by atoms with Crippen LogP contribution in [-0.4, -0.2) is 15.9 Å². The molecule has 0 spiro atoms. The highest BCUT2D eigenvalue weighted by Gasteiger charge is 2.12. The third-order valence-corrected chi connectivity index (χ3v) is 4.78. The zero-order valence-electron chi connectivity index (χ0n) is 16.8. The van der Waals surface area contributed by atoms with Crippen LogP contribution in [0.25, 0.3) is 0 Å². The van der Waals surface area contributed by atoms with Crippen molar-refractivity contribution < 1.29 is 4.79 Å². The third-order valence-electron chi connectivity index (χ3n) is 4.78. The minimum Gasteiger partial charge on any atom is -0.348 e. The van der Waals surface area contributed by atoms with E-state index in [-0.39, 0.29) is 5.91 Å². The molecule has 0 aliphatic heterocycles. The first-order chi connectivity index (χ1) is 13.5. The molecule has 1 aromatic heterocycles. The quantitative estimate of drug-likeness (QED) is 0.645. The van der Waals surface area contributed by atoms with Crippen LogP contribution in [0.5, 0.6) is 0 Å². The van der Waals surface area contributed by atoms with Gasteiger partial charge in [0.2, 0.25) is 5.95 Å². The molecule has 0 fully saturated rings. The number of nitrogens with one attached hydrogen (secondary N) is 2. The molecule has 0 unspecified atom stereocenters. The summed E-state index contributed by atoms with van der Waals surface area (Å²) in [6.07, 6.45) is 3.10. The summed E-state index contributed by atoms with van der Waals surface area (Å²) >= 11 is 0. The van der Waals surface area contributed by atoms with Gasteiger partial charge in [-0.25, -0.2) is 9.97 Å². The van der Waals surface area contributed by atoms with E-state index in [2.05, 4.69) is 59.6 Å². The number of carbonyl (C=O) groups is 1. The van der Waals surface area contributed by atoms with Crippen LogP contribution in [-0.2, 0) is 6.54 Å². The lowest BCUT2D eigenvalue weighted by molar-refractivity contribution is 0.0950. The zero-order chi connectivity index (χ0) is 20.1. The normalized spacial score (nSPS) is 10.8. The van der Waals surface area contributed by atoms with E-state index in [1.807, 2.05) is 31.2 Å². The molecule has 1 heterocycles. The van der Waals surface area contributed by atoms with E-state index >= 15 is 0 Å². The van der Waals surface area contributed by atoms with Gasteiger partial charge in [-0.3, -0.25) is 4.79 Å². The number of nitrogens with zero attached hydrogens (tertiary/aromatic N) is 2. The summed E-state index contributed by atoms with van der Waals surface area (Å²) in [5, 5.41) is 6.22. The summed E-state index contributed by atoms with van der Waals surface area (Å²) in [6.45, 7) is 8.88. The Balaban J connectivity index is 1.69. The number of hydrogen-bond acceptors (Lipinski definition) is 4. The summed E-state index contributed by atoms with van der Waals surface area (Å²) in [5.74, 6) is 0.675. The van der Waals surface area contributed by atoms with E-state index in [0.29, 0.717) is 24.0 Å². The lowest BCUT2D eigenvalue weighted by Gasteiger charge is -2.16. The number of hydrogen-bond donors (Lipinski definition) is 2. The van der Waals surface area contributed by atoms with E-state index < -0.39 is 0 Å². The van der Waals surface area contributed by atoms with Crippen molar-refractivity contribution in [1.29, 1.82) is 0 Å². The maximum atomic E-state index is 12.4. The Morgan fingerprint density at radius 3 is 2.32 bits per heavy atom. The van der Waals surface area contributed by atoms with Crippen LogP contribution in [0.4, 0.5) is 11.6 Å². The van der Waals surface area contributed by atoms with Gasteiger partial charge in [-0.15, -0.1) is 0 Å². The Morgan fingerprint density at radius 1 is 0.964 bits per heavy atom. The third kappa shape index (κ3) is 4.55. The molecule has 0 aliphatic carbocycles. The summed E-state index contributed by atoms with van der Waals surface area (Å²) in [7, 11) is 0. The molecule has 144 valence electrons. The summed E-state index contributed by atoms with van der Waals surface area (Å²) in [4.78, 5) is 21.0. The van der Waals surface area contributed by atoms with E-state index in [9.17, 15) is 4.79 Å². The van der Waals surface area contributed by atoms with Crippen molar-refractivity contribution in [3.63, 3.8) is 0 Å². The van der Waals surface area contributed by atoms with Gasteiger partial charge in [-0.1, -0.05) is 56.3 Å². The Kier molecular flexibility index (Phi) is 6.04. The lowest BCUT2D eigenvalue weighted by Crippen LogP contribution is -2.23. The first-order valence-electron chi connectivity index (χ1n) is 9.47. The highest BCUT2D eigenvalue weighted by molar-refractivity contribution is 5.93. The molecule has 3 rings (SSSR count). The van der Waals surface area contributed by atoms with Gasteiger partial charge >= 0.3 is 0 Å². The Labute approximate surface area is 166 Å². The predicted octanol–water partition coefficient (Wildman–Crippen LogP) is 4.89. The van der Waals surface area contributed by atoms with E-state index in [1.54, 1.807) is 12.4 Å². The molecule has 2 N–H and O–H groups in total. The molecule has 5 nitrogen and oxygen atoms in total. The van der Waals surface area contributed by atoms with Crippen LogP contribution in [0.2, 0.25) is 0 Å². The average molecular weight is 374 g/mol. The maximum Gasteiger partial charge on any atom is 0.254 e. The topological polar surface area (TPSA) is 66.9 Å². The second kappa shape index (κ2) is 8.65. The van der Waals surface area contributed by atoms with Crippen molar-refractivity contribution in [3.05, 3.63) is 82.7 Å². The number of amides is 1. The van der Waals surface area contributed by atoms with Gasteiger partial charge in [0.1, 0.15) is 0 Å². The molecule has 0 bridgehead atoms. The van der Waals surface area contributed by atoms with Gasteiger partial charge in [0.05, 0.1) is 5.56 Å². The molecule has 1 amide bonds. The monoisotopic (exact) mass is 374 g/mol. The summed E-state index contributed by atoms with van der Waals surface area (Å²) in [5.41, 5.74) is 6.05. The number of benzene rings is 2. The first kappa shape index (κ1) is 19.5. The SMILES string of the molecule is Cc1ccccc1CNC(=O)c1cnc(Nc2c(C)cccc2C(C)C)nc1. The van der Waals surface area contributed by atoms with Crippen molar-refractivity contribution in [2.75, 3.05) is 5.32 Å². The molecule has 0 atom stereocenters. The Bertz CT molecular complexity index is 965. The number of aromatic nitrogens is 2. The number of aryl methyl sites for hydroxylation is 2. The van der Waals surface area contributed by atoms with Crippen LogP contribution < -0.4 is 10.6 Å². The molecule has 0 radical (unpaired) electrons. The molecule has 28 heavy (non-hydrogen) atoms. The van der Waals surface area contributed by atoms with Gasteiger partial charge < -0.3 is 10.6 Å². The lowest BCUT2D eigenvalue weighted by atomic mass is 9.98. The van der Waals surface area contributed by atoms with Crippen molar-refractivity contribution >= 4 is 17.5 Å². The second-order valence-electron chi connectivity index (χ2n) is 7.22. The minimum absolute atomic E-state index is 0.187. The molecule has 0 saturated carbocycles. The average Bonchev–Trinajstić information content (AvgIpc) is 2.69. The van der Waals surface area contributed by atoms with Gasteiger partial charge in [-0.05, 0) is 42.0 Å². The Hall–Kier alpha value is -3.21. The van der Waals surface area contributed by atoms with Gasteiger partial charge in [-0.2, -0.15) is 0 Å². The number of para-hydroxylation sites is 1. The highest BCUT2D eigenvalue weighted by atomic mass is 16.1. The van der Waals surface area contributed by atoms with E-state index in [1.165, 1.54) is 5.56 Å². The maximum absolute atomic E-state index is 12.4. The smallest absolute Gasteiger partial charge is 0.254 e. The number of anilines is 2. The van der Waals surface area contributed by atoms with Gasteiger partial charge in [0.15, 0.2) is 0 Å². The van der Waals surface area contributed by atoms with Crippen LogP contribution in [0.15, 0.2) is 54.9 Å². The van der Waals surface area contributed by atoms with Crippen molar-refractivity contribution in [1.82, 2.24) is 15.3 Å². The summed E-state index contributed by atoms with van der Waals surface area (Å²) in [6, 6.07) is 14.2. The Morgan fingerprint density at radius 2 is 1.64 bits per heavy atom. The van der Waals surface area contributed by atoms with Crippen LogP contribution in [0, 0.1) is 13.8 Å². The van der Waals surface area contributed by atoms with Crippen LogP contribution in [0.3, 0.4) is 0 Å². The number of carbonyl (C=O) groups excluding carboxylic acids is 1. The molecule has 2 aromatic carbocycles. The van der Waals surface area contributed by atoms with Crippen molar-refractivity contribution in [2.45, 2.75) is 40.2 Å². The first-order valence-corrected chi connectivity index (χ1v) is 9.47. The fraction of sp³-hybridized carbons (Fsp3) is 0.261. The molecule has 5 heteroatoms. The molecule has 3 aromatic rings. The highest BCUT2D eigenvalue weighted by Crippen LogP contribution is 2.29. The standard InChI is InChI=1S/C23H26N4O/c1-15(2)20-11-7-9-17(4)21(20)27-23-25-13-19(14-26-23)22(28)24-12-18-10-6-5-8-16(18)3/h5-11,13-15H,12H2,1-4H3,(H,24,28)(H,25,26,27). The zero-order valence-corrected chi connectivity index (χ0v) is 16.8. The fourth-order valence-corrected chi connectivity index (χ4v) is 3.05. The summed E-state index contributed by atoms with van der Waals surface area (Å²) < 4.78 is 0. The fourth-order valence-electron chi connectivity index (χ4n) is 3.05. The predicted molar refractivity (Wildman–Crippen MR) is 113 cm³/mol. The van der Waals surface area contributed by atoms with Crippen molar-refractivity contribution in [2.24, 2.45) is 0 Å². The van der Waals surface area contributed by atoms with Crippen LogP contribution >= 0.6 is 0 Å². The van der Waals surface area contributed by atoms with Crippen molar-refractivity contribution in [3.8, 4) is 0 Å². The molecular formula is C23H26N4O.